The molecule has 0 aliphatic heterocycles. The van der Waals surface area contributed by atoms with Gasteiger partial charge >= 0.3 is 0 Å². The quantitative estimate of drug-likeness (QED) is 0.722. The van der Waals surface area contributed by atoms with Crippen molar-refractivity contribution in [2.75, 3.05) is 17.2 Å². The molecular weight excluding hydrogens is 284 g/mol. The maximum absolute atomic E-state index is 6.03. The Hall–Kier alpha value is -1.81. The van der Waals surface area contributed by atoms with Gasteiger partial charge in [-0.3, -0.25) is 0 Å². The van der Waals surface area contributed by atoms with E-state index in [0.29, 0.717) is 5.02 Å². The van der Waals surface area contributed by atoms with E-state index in [-0.39, 0.29) is 0 Å². The number of halogens is 1. The molecule has 0 saturated carbocycles. The Morgan fingerprint density at radius 1 is 1.10 bits per heavy atom. The number of nitrogens with one attached hydrogen (secondary N) is 2. The molecule has 0 amide bonds. The summed E-state index contributed by atoms with van der Waals surface area (Å²) in [6.07, 6.45) is 5.15. The first-order valence-electron chi connectivity index (χ1n) is 7.28. The Labute approximate surface area is 131 Å². The highest BCUT2D eigenvalue weighted by Gasteiger charge is 2.03. The van der Waals surface area contributed by atoms with Gasteiger partial charge in [-0.05, 0) is 31.0 Å². The summed E-state index contributed by atoms with van der Waals surface area (Å²) in [5.41, 5.74) is 2.08. The lowest BCUT2D eigenvalue weighted by molar-refractivity contribution is 0.742. The van der Waals surface area contributed by atoms with E-state index in [2.05, 4.69) is 27.5 Å². The van der Waals surface area contributed by atoms with Crippen LogP contribution in [-0.2, 0) is 0 Å². The zero-order chi connectivity index (χ0) is 15.1. The molecular formula is C16H21ClN4. The number of aromatic nitrogens is 2. The Kier molecular flexibility index (Phi) is 5.81. The molecule has 1 aromatic carbocycles. The first-order chi connectivity index (χ1) is 10.2. The van der Waals surface area contributed by atoms with Gasteiger partial charge in [-0.2, -0.15) is 0 Å². The Morgan fingerprint density at radius 2 is 1.90 bits per heavy atom. The van der Waals surface area contributed by atoms with Crippen LogP contribution in [0.5, 0.6) is 0 Å². The van der Waals surface area contributed by atoms with Crippen molar-refractivity contribution in [2.24, 2.45) is 0 Å². The van der Waals surface area contributed by atoms with Crippen molar-refractivity contribution >= 4 is 28.9 Å². The van der Waals surface area contributed by atoms with Crippen LogP contribution in [0.15, 0.2) is 30.6 Å². The van der Waals surface area contributed by atoms with E-state index in [1.165, 1.54) is 12.8 Å². The molecule has 0 spiro atoms. The second-order valence-corrected chi connectivity index (χ2v) is 5.44. The van der Waals surface area contributed by atoms with E-state index in [4.69, 9.17) is 11.6 Å². The van der Waals surface area contributed by atoms with Crippen LogP contribution in [0.2, 0.25) is 5.02 Å². The summed E-state index contributed by atoms with van der Waals surface area (Å²) < 4.78 is 0. The summed E-state index contributed by atoms with van der Waals surface area (Å²) in [6.45, 7) is 5.16. The average Bonchev–Trinajstić information content (AvgIpc) is 2.48. The van der Waals surface area contributed by atoms with Gasteiger partial charge in [0.2, 0.25) is 0 Å². The van der Waals surface area contributed by atoms with Crippen molar-refractivity contribution in [3.63, 3.8) is 0 Å². The van der Waals surface area contributed by atoms with Crippen molar-refractivity contribution in [3.05, 3.63) is 41.2 Å². The molecule has 0 aliphatic carbocycles. The van der Waals surface area contributed by atoms with Crippen LogP contribution in [-0.4, -0.2) is 16.5 Å². The van der Waals surface area contributed by atoms with Crippen molar-refractivity contribution in [1.29, 1.82) is 0 Å². The van der Waals surface area contributed by atoms with Gasteiger partial charge in [0, 0.05) is 23.3 Å². The zero-order valence-electron chi connectivity index (χ0n) is 12.5. The summed E-state index contributed by atoms with van der Waals surface area (Å²) in [5, 5.41) is 7.30. The van der Waals surface area contributed by atoms with E-state index < -0.39 is 0 Å². The third-order valence-corrected chi connectivity index (χ3v) is 3.45. The molecule has 21 heavy (non-hydrogen) atoms. The lowest BCUT2D eigenvalue weighted by Gasteiger charge is -2.10. The molecule has 2 N–H and O–H groups in total. The molecule has 0 radical (unpaired) electrons. The van der Waals surface area contributed by atoms with Crippen molar-refractivity contribution in [1.82, 2.24) is 9.97 Å². The maximum atomic E-state index is 6.03. The number of benzene rings is 1. The molecule has 1 aromatic heterocycles. The van der Waals surface area contributed by atoms with Crippen LogP contribution in [0.1, 0.15) is 31.7 Å². The number of hydrogen-bond acceptors (Lipinski definition) is 4. The predicted octanol–water partition coefficient (Wildman–Crippen LogP) is 4.78. The molecule has 0 bridgehead atoms. The van der Waals surface area contributed by atoms with Crippen LogP contribution in [0.3, 0.4) is 0 Å². The summed E-state index contributed by atoms with van der Waals surface area (Å²) in [6, 6.07) is 7.66. The largest absolute Gasteiger partial charge is 0.370 e. The Balaban J connectivity index is 2.02. The van der Waals surface area contributed by atoms with Crippen LogP contribution >= 0.6 is 11.6 Å². The molecule has 1 heterocycles. The van der Waals surface area contributed by atoms with Gasteiger partial charge in [0.15, 0.2) is 0 Å². The highest BCUT2D eigenvalue weighted by molar-refractivity contribution is 6.30. The Morgan fingerprint density at radius 3 is 2.71 bits per heavy atom. The van der Waals surface area contributed by atoms with Gasteiger partial charge in [-0.15, -0.1) is 0 Å². The number of rotatable bonds is 7. The highest BCUT2D eigenvalue weighted by atomic mass is 35.5. The number of aryl methyl sites for hydroxylation is 1. The summed E-state index contributed by atoms with van der Waals surface area (Å²) in [4.78, 5) is 8.47. The molecule has 2 aromatic rings. The van der Waals surface area contributed by atoms with E-state index in [1.807, 2.05) is 31.2 Å². The molecule has 0 saturated heterocycles. The molecule has 112 valence electrons. The maximum Gasteiger partial charge on any atom is 0.135 e. The minimum Gasteiger partial charge on any atom is -0.370 e. The van der Waals surface area contributed by atoms with Crippen LogP contribution in [0.25, 0.3) is 0 Å². The first-order valence-corrected chi connectivity index (χ1v) is 7.66. The summed E-state index contributed by atoms with van der Waals surface area (Å²) in [7, 11) is 0. The SMILES string of the molecule is CCCCCNc1cc(Nc2cc(Cl)ccc2C)ncn1. The number of hydrogen-bond donors (Lipinski definition) is 2. The smallest absolute Gasteiger partial charge is 0.135 e. The monoisotopic (exact) mass is 304 g/mol. The second kappa shape index (κ2) is 7.84. The lowest BCUT2D eigenvalue weighted by atomic mass is 10.2. The zero-order valence-corrected chi connectivity index (χ0v) is 13.2. The van der Waals surface area contributed by atoms with E-state index >= 15 is 0 Å². The van der Waals surface area contributed by atoms with Gasteiger partial charge in [0.1, 0.15) is 18.0 Å². The van der Waals surface area contributed by atoms with Crippen LogP contribution in [0.4, 0.5) is 17.3 Å². The molecule has 0 unspecified atom stereocenters. The van der Waals surface area contributed by atoms with Gasteiger partial charge in [0.05, 0.1) is 0 Å². The first kappa shape index (κ1) is 15.6. The van der Waals surface area contributed by atoms with Gasteiger partial charge < -0.3 is 10.6 Å². The van der Waals surface area contributed by atoms with E-state index in [1.54, 1.807) is 6.33 Å². The molecule has 5 heteroatoms. The number of unbranched alkanes of at least 4 members (excludes halogenated alkanes) is 2. The van der Waals surface area contributed by atoms with Gasteiger partial charge in [-0.25, -0.2) is 9.97 Å². The predicted molar refractivity (Wildman–Crippen MR) is 89.5 cm³/mol. The lowest BCUT2D eigenvalue weighted by Crippen LogP contribution is -2.04. The molecule has 2 rings (SSSR count). The highest BCUT2D eigenvalue weighted by Crippen LogP contribution is 2.23. The van der Waals surface area contributed by atoms with Crippen LogP contribution < -0.4 is 10.6 Å². The molecule has 0 atom stereocenters. The fourth-order valence-corrected chi connectivity index (χ4v) is 2.15. The second-order valence-electron chi connectivity index (χ2n) is 5.01. The number of anilines is 3. The standard InChI is InChI=1S/C16H21ClN4/c1-3-4-5-8-18-15-10-16(20-11-19-15)21-14-9-13(17)7-6-12(14)2/h6-7,9-11H,3-5,8H2,1-2H3,(H2,18,19,20,21). The minimum atomic E-state index is 0.704. The fourth-order valence-electron chi connectivity index (χ4n) is 1.98. The third-order valence-electron chi connectivity index (χ3n) is 3.22. The molecule has 4 nitrogen and oxygen atoms in total. The van der Waals surface area contributed by atoms with Crippen molar-refractivity contribution < 1.29 is 0 Å². The minimum absolute atomic E-state index is 0.704. The summed E-state index contributed by atoms with van der Waals surface area (Å²) in [5.74, 6) is 1.59. The van der Waals surface area contributed by atoms with Crippen LogP contribution in [0, 0.1) is 6.92 Å². The fraction of sp³-hybridized carbons (Fsp3) is 0.375. The molecule has 0 fully saturated rings. The molecule has 0 aliphatic rings. The van der Waals surface area contributed by atoms with Crippen molar-refractivity contribution in [3.8, 4) is 0 Å². The van der Waals surface area contributed by atoms with Gasteiger partial charge in [0.25, 0.3) is 0 Å². The summed E-state index contributed by atoms with van der Waals surface area (Å²) >= 11 is 6.03. The van der Waals surface area contributed by atoms with Crippen molar-refractivity contribution in [2.45, 2.75) is 33.1 Å². The Bertz CT molecular complexity index is 586. The topological polar surface area (TPSA) is 49.8 Å². The van der Waals surface area contributed by atoms with Gasteiger partial charge in [-0.1, -0.05) is 37.4 Å². The van der Waals surface area contributed by atoms with E-state index in [0.717, 1.165) is 35.9 Å². The third kappa shape index (κ3) is 4.90. The number of nitrogens with zero attached hydrogens (tertiary/aromatic N) is 2. The normalized spacial score (nSPS) is 10.4. The average molecular weight is 305 g/mol. The van der Waals surface area contributed by atoms with E-state index in [9.17, 15) is 0 Å².